The Kier molecular flexibility index (Phi) is 3.33. The molecule has 0 fully saturated rings. The van der Waals surface area contributed by atoms with Crippen LogP contribution in [-0.4, -0.2) is 21.2 Å². The van der Waals surface area contributed by atoms with E-state index in [1.54, 1.807) is 7.11 Å². The highest BCUT2D eigenvalue weighted by molar-refractivity contribution is 5.73. The van der Waals surface area contributed by atoms with Crippen molar-refractivity contribution in [3.63, 3.8) is 0 Å². The van der Waals surface area contributed by atoms with E-state index in [-0.39, 0.29) is 0 Å². The number of benzene rings is 2. The van der Waals surface area contributed by atoms with Crippen LogP contribution in [0.3, 0.4) is 0 Å². The first-order valence-corrected chi connectivity index (χ1v) is 5.55. The molecular weight excluding hydrogens is 210 g/mol. The first-order valence-electron chi connectivity index (χ1n) is 5.55. The lowest BCUT2D eigenvalue weighted by Crippen LogP contribution is -2.08. The van der Waals surface area contributed by atoms with Gasteiger partial charge in [-0.1, -0.05) is 30.3 Å². The average molecular weight is 226 g/mol. The molecule has 2 aromatic carbocycles. The van der Waals surface area contributed by atoms with E-state index in [9.17, 15) is 0 Å². The molecule has 0 saturated heterocycles. The summed E-state index contributed by atoms with van der Waals surface area (Å²) in [6.45, 7) is 0. The molecule has 0 aliphatic heterocycles. The molecule has 0 unspecified atom stereocenters. The Bertz CT molecular complexity index is 506. The topological polar surface area (TPSA) is 12.5 Å². The van der Waals surface area contributed by atoms with E-state index in [0.717, 1.165) is 22.6 Å². The maximum atomic E-state index is 5.38. The lowest BCUT2D eigenvalue weighted by atomic mass is 10.0. The monoisotopic (exact) mass is 226 g/mol. The number of rotatable bonds is 3. The molecule has 0 saturated carbocycles. The number of para-hydroxylation sites is 1. The van der Waals surface area contributed by atoms with Gasteiger partial charge in [-0.15, -0.1) is 0 Å². The number of ether oxygens (including phenoxy) is 1. The molecule has 87 valence electrons. The third kappa shape index (κ3) is 2.41. The van der Waals surface area contributed by atoms with Crippen LogP contribution in [0.2, 0.25) is 0 Å². The minimum atomic E-state index is 0.892. The SMILES string of the molecule is COc1ccccc1-c1cc[c]c(N(C)C)c1. The van der Waals surface area contributed by atoms with Gasteiger partial charge in [-0.05, 0) is 17.7 Å². The Morgan fingerprint density at radius 3 is 2.59 bits per heavy atom. The van der Waals surface area contributed by atoms with Crippen LogP contribution in [0.4, 0.5) is 5.69 Å². The summed E-state index contributed by atoms with van der Waals surface area (Å²) in [5.74, 6) is 0.892. The van der Waals surface area contributed by atoms with E-state index in [1.807, 2.05) is 49.3 Å². The second-order valence-electron chi connectivity index (χ2n) is 4.06. The van der Waals surface area contributed by atoms with Gasteiger partial charge in [0.2, 0.25) is 0 Å². The molecule has 0 aliphatic carbocycles. The first kappa shape index (κ1) is 11.5. The van der Waals surface area contributed by atoms with E-state index < -0.39 is 0 Å². The van der Waals surface area contributed by atoms with Gasteiger partial charge in [-0.25, -0.2) is 0 Å². The molecule has 0 bridgehead atoms. The van der Waals surface area contributed by atoms with Crippen molar-refractivity contribution in [3.05, 3.63) is 48.5 Å². The maximum absolute atomic E-state index is 5.38. The van der Waals surface area contributed by atoms with Crippen molar-refractivity contribution in [1.82, 2.24) is 0 Å². The van der Waals surface area contributed by atoms with E-state index in [0.29, 0.717) is 0 Å². The summed E-state index contributed by atoms with van der Waals surface area (Å²) in [6.07, 6.45) is 0. The number of nitrogens with zero attached hydrogens (tertiary/aromatic N) is 1. The van der Waals surface area contributed by atoms with Gasteiger partial charge >= 0.3 is 0 Å². The van der Waals surface area contributed by atoms with Crippen LogP contribution in [0.15, 0.2) is 42.5 Å². The van der Waals surface area contributed by atoms with Crippen LogP contribution >= 0.6 is 0 Å². The van der Waals surface area contributed by atoms with E-state index >= 15 is 0 Å². The summed E-state index contributed by atoms with van der Waals surface area (Å²) in [6, 6.07) is 17.3. The minimum Gasteiger partial charge on any atom is -0.496 e. The van der Waals surface area contributed by atoms with Gasteiger partial charge in [0.25, 0.3) is 0 Å². The second kappa shape index (κ2) is 4.91. The van der Waals surface area contributed by atoms with Crippen molar-refractivity contribution in [2.75, 3.05) is 26.1 Å². The minimum absolute atomic E-state index is 0.892. The van der Waals surface area contributed by atoms with Gasteiger partial charge < -0.3 is 9.64 Å². The standard InChI is InChI=1S/C15H16NO/c1-16(2)13-8-6-7-12(11-13)14-9-4-5-10-15(14)17-3/h4-7,9-11H,1-3H3. The molecule has 0 aliphatic rings. The van der Waals surface area contributed by atoms with Crippen molar-refractivity contribution in [3.8, 4) is 16.9 Å². The van der Waals surface area contributed by atoms with Crippen molar-refractivity contribution < 1.29 is 4.74 Å². The molecule has 2 heteroatoms. The zero-order valence-electron chi connectivity index (χ0n) is 10.4. The molecule has 0 N–H and O–H groups in total. The molecule has 0 spiro atoms. The van der Waals surface area contributed by atoms with Crippen LogP contribution < -0.4 is 9.64 Å². The molecule has 2 nitrogen and oxygen atoms in total. The molecular formula is C15H16NO. The van der Waals surface area contributed by atoms with Gasteiger partial charge in [0, 0.05) is 31.4 Å². The highest BCUT2D eigenvalue weighted by atomic mass is 16.5. The molecule has 0 aromatic heterocycles. The third-order valence-electron chi connectivity index (χ3n) is 2.69. The van der Waals surface area contributed by atoms with Gasteiger partial charge in [0.05, 0.1) is 7.11 Å². The van der Waals surface area contributed by atoms with E-state index in [1.165, 1.54) is 0 Å². The Morgan fingerprint density at radius 2 is 1.88 bits per heavy atom. The number of methoxy groups -OCH3 is 1. The average Bonchev–Trinajstić information content (AvgIpc) is 2.39. The smallest absolute Gasteiger partial charge is 0.126 e. The van der Waals surface area contributed by atoms with Crippen LogP contribution in [-0.2, 0) is 0 Å². The van der Waals surface area contributed by atoms with Crippen LogP contribution in [0.5, 0.6) is 5.75 Å². The number of hydrogen-bond acceptors (Lipinski definition) is 2. The molecule has 2 aromatic rings. The van der Waals surface area contributed by atoms with Crippen LogP contribution in [0, 0.1) is 6.07 Å². The fraction of sp³-hybridized carbons (Fsp3) is 0.200. The first-order chi connectivity index (χ1) is 8.22. The Hall–Kier alpha value is -1.96. The summed E-state index contributed by atoms with van der Waals surface area (Å²) in [7, 11) is 5.72. The lowest BCUT2D eigenvalue weighted by Gasteiger charge is -2.14. The summed E-state index contributed by atoms with van der Waals surface area (Å²) in [5, 5.41) is 0. The zero-order chi connectivity index (χ0) is 12.3. The van der Waals surface area contributed by atoms with E-state index in [4.69, 9.17) is 4.74 Å². The molecule has 2 rings (SSSR count). The summed E-state index contributed by atoms with van der Waals surface area (Å²) in [5.41, 5.74) is 3.31. The molecule has 0 atom stereocenters. The van der Waals surface area contributed by atoms with Crippen molar-refractivity contribution in [2.45, 2.75) is 0 Å². The molecule has 17 heavy (non-hydrogen) atoms. The van der Waals surface area contributed by atoms with Crippen LogP contribution in [0.25, 0.3) is 11.1 Å². The third-order valence-corrected chi connectivity index (χ3v) is 2.69. The quantitative estimate of drug-likeness (QED) is 0.796. The van der Waals surface area contributed by atoms with Gasteiger partial charge in [-0.2, -0.15) is 0 Å². The lowest BCUT2D eigenvalue weighted by molar-refractivity contribution is 0.416. The predicted molar refractivity (Wildman–Crippen MR) is 71.6 cm³/mol. The number of hydrogen-bond donors (Lipinski definition) is 0. The Morgan fingerprint density at radius 1 is 1.12 bits per heavy atom. The largest absolute Gasteiger partial charge is 0.496 e. The summed E-state index contributed by atoms with van der Waals surface area (Å²) < 4.78 is 5.38. The fourth-order valence-electron chi connectivity index (χ4n) is 1.76. The van der Waals surface area contributed by atoms with Gasteiger partial charge in [0.1, 0.15) is 5.75 Å². The van der Waals surface area contributed by atoms with Crippen molar-refractivity contribution in [2.24, 2.45) is 0 Å². The van der Waals surface area contributed by atoms with E-state index in [2.05, 4.69) is 18.2 Å². The molecule has 0 amide bonds. The number of anilines is 1. The maximum Gasteiger partial charge on any atom is 0.126 e. The summed E-state index contributed by atoms with van der Waals surface area (Å²) >= 11 is 0. The van der Waals surface area contributed by atoms with Gasteiger partial charge in [0.15, 0.2) is 0 Å². The molecule has 0 heterocycles. The predicted octanol–water partition coefficient (Wildman–Crippen LogP) is 3.23. The molecule has 1 radical (unpaired) electrons. The van der Waals surface area contributed by atoms with Crippen molar-refractivity contribution >= 4 is 5.69 Å². The van der Waals surface area contributed by atoms with Crippen molar-refractivity contribution in [1.29, 1.82) is 0 Å². The highest BCUT2D eigenvalue weighted by Gasteiger charge is 2.05. The summed E-state index contributed by atoms with van der Waals surface area (Å²) in [4.78, 5) is 2.04. The van der Waals surface area contributed by atoms with Gasteiger partial charge in [-0.3, -0.25) is 0 Å². The van der Waals surface area contributed by atoms with Crippen LogP contribution in [0.1, 0.15) is 0 Å². The Balaban J connectivity index is 2.49. The Labute approximate surface area is 102 Å². The highest BCUT2D eigenvalue weighted by Crippen LogP contribution is 2.31. The fourth-order valence-corrected chi connectivity index (χ4v) is 1.76. The zero-order valence-corrected chi connectivity index (χ0v) is 10.4. The second-order valence-corrected chi connectivity index (χ2v) is 4.06. The normalized spacial score (nSPS) is 10.1.